The van der Waals surface area contributed by atoms with Crippen molar-refractivity contribution in [2.75, 3.05) is 5.01 Å². The van der Waals surface area contributed by atoms with Gasteiger partial charge in [0, 0.05) is 14.1 Å². The van der Waals surface area contributed by atoms with E-state index in [2.05, 4.69) is 5.10 Å². The van der Waals surface area contributed by atoms with Crippen LogP contribution in [0.5, 0.6) is 5.88 Å². The summed E-state index contributed by atoms with van der Waals surface area (Å²) in [5.74, 6) is -0.918. The van der Waals surface area contributed by atoms with Gasteiger partial charge >= 0.3 is 5.69 Å². The van der Waals surface area contributed by atoms with Gasteiger partial charge in [-0.15, -0.1) is 0 Å². The van der Waals surface area contributed by atoms with E-state index in [1.54, 1.807) is 31.2 Å². The van der Waals surface area contributed by atoms with Gasteiger partial charge in [-0.3, -0.25) is 18.7 Å². The van der Waals surface area contributed by atoms with Crippen LogP contribution in [-0.2, 0) is 18.9 Å². The molecule has 2 aromatic rings. The van der Waals surface area contributed by atoms with Gasteiger partial charge in [-0.2, -0.15) is 10.1 Å². The van der Waals surface area contributed by atoms with Gasteiger partial charge in [0.15, 0.2) is 0 Å². The highest BCUT2D eigenvalue weighted by Gasteiger charge is 2.29. The predicted molar refractivity (Wildman–Crippen MR) is 93.6 cm³/mol. The molecule has 1 aromatic carbocycles. The van der Waals surface area contributed by atoms with Crippen LogP contribution in [0.4, 0.5) is 5.69 Å². The number of aromatic nitrogens is 2. The van der Waals surface area contributed by atoms with E-state index in [1.807, 2.05) is 6.07 Å². The van der Waals surface area contributed by atoms with Gasteiger partial charge in [0.05, 0.1) is 17.0 Å². The minimum atomic E-state index is -0.688. The Morgan fingerprint density at radius 1 is 1.04 bits per heavy atom. The summed E-state index contributed by atoms with van der Waals surface area (Å²) in [6, 6.07) is 8.86. The van der Waals surface area contributed by atoms with Crippen molar-refractivity contribution < 1.29 is 9.90 Å². The first-order valence-electron chi connectivity index (χ1n) is 7.48. The van der Waals surface area contributed by atoms with Gasteiger partial charge in [0.1, 0.15) is 5.56 Å². The lowest BCUT2D eigenvalue weighted by Gasteiger charge is -2.11. The number of benzene rings is 1. The Morgan fingerprint density at radius 2 is 1.68 bits per heavy atom. The third kappa shape index (κ3) is 2.57. The van der Waals surface area contributed by atoms with E-state index in [0.29, 0.717) is 11.4 Å². The van der Waals surface area contributed by atoms with Crippen LogP contribution < -0.4 is 16.3 Å². The number of hydrogen-bond acceptors (Lipinski definition) is 5. The fraction of sp³-hybridized carbons (Fsp3) is 0.176. The third-order valence-corrected chi connectivity index (χ3v) is 4.02. The van der Waals surface area contributed by atoms with E-state index < -0.39 is 23.0 Å². The summed E-state index contributed by atoms with van der Waals surface area (Å²) in [5, 5.41) is 15.6. The number of amides is 1. The molecule has 1 aromatic heterocycles. The first-order chi connectivity index (χ1) is 11.8. The van der Waals surface area contributed by atoms with Crippen LogP contribution in [0.1, 0.15) is 12.5 Å². The van der Waals surface area contributed by atoms with Crippen LogP contribution in [0.25, 0.3) is 6.08 Å². The molecule has 1 N–H and O–H groups in total. The van der Waals surface area contributed by atoms with Gasteiger partial charge < -0.3 is 5.11 Å². The lowest BCUT2D eigenvalue weighted by atomic mass is 10.1. The van der Waals surface area contributed by atoms with Gasteiger partial charge in [0.2, 0.25) is 5.88 Å². The van der Waals surface area contributed by atoms with E-state index in [-0.39, 0.29) is 11.1 Å². The molecule has 0 fully saturated rings. The third-order valence-electron chi connectivity index (χ3n) is 4.02. The lowest BCUT2D eigenvalue weighted by molar-refractivity contribution is -0.114. The highest BCUT2D eigenvalue weighted by Crippen LogP contribution is 2.25. The molecule has 128 valence electrons. The zero-order valence-corrected chi connectivity index (χ0v) is 13.9. The standard InChI is InChI=1S/C17H16N4O4/c1-10-12(16(24)21(18-10)11-7-5-4-6-8-11)9-13-14(22)19(2)17(25)20(3)15(13)23/h4-9,22H,1-3H3/b12-9+. The molecule has 0 aliphatic carbocycles. The molecule has 0 atom stereocenters. The number of carbonyl (C=O) groups excluding carboxylic acids is 1. The summed E-state index contributed by atoms with van der Waals surface area (Å²) in [7, 11) is 2.65. The second-order valence-corrected chi connectivity index (χ2v) is 5.64. The minimum absolute atomic E-state index is 0.141. The molecule has 8 heteroatoms. The smallest absolute Gasteiger partial charge is 0.333 e. The monoisotopic (exact) mass is 340 g/mol. The molecule has 0 unspecified atom stereocenters. The lowest BCUT2D eigenvalue weighted by Crippen LogP contribution is -2.38. The van der Waals surface area contributed by atoms with Crippen molar-refractivity contribution in [1.82, 2.24) is 9.13 Å². The van der Waals surface area contributed by atoms with Crippen molar-refractivity contribution in [3.05, 3.63) is 62.3 Å². The fourth-order valence-corrected chi connectivity index (χ4v) is 2.56. The summed E-state index contributed by atoms with van der Waals surface area (Å²) in [6.45, 7) is 1.64. The highest BCUT2D eigenvalue weighted by molar-refractivity contribution is 6.32. The maximum atomic E-state index is 12.7. The first kappa shape index (κ1) is 16.4. The van der Waals surface area contributed by atoms with Crippen LogP contribution in [0, 0.1) is 0 Å². The first-order valence-corrected chi connectivity index (χ1v) is 7.48. The molecule has 2 heterocycles. The maximum Gasteiger partial charge on any atom is 0.333 e. The highest BCUT2D eigenvalue weighted by atomic mass is 16.3. The molecule has 0 saturated carbocycles. The normalized spacial score (nSPS) is 15.8. The summed E-state index contributed by atoms with van der Waals surface area (Å²) in [6.07, 6.45) is 1.27. The molecule has 1 aliphatic heterocycles. The zero-order chi connectivity index (χ0) is 18.3. The largest absolute Gasteiger partial charge is 0.494 e. The van der Waals surface area contributed by atoms with E-state index in [1.165, 1.54) is 25.2 Å². The zero-order valence-electron chi connectivity index (χ0n) is 13.9. The Bertz CT molecular complexity index is 1040. The number of aromatic hydroxyl groups is 1. The quantitative estimate of drug-likeness (QED) is 0.810. The van der Waals surface area contributed by atoms with Gasteiger partial charge in [-0.25, -0.2) is 4.79 Å². The van der Waals surface area contributed by atoms with E-state index in [4.69, 9.17) is 0 Å². The van der Waals surface area contributed by atoms with E-state index in [0.717, 1.165) is 9.13 Å². The van der Waals surface area contributed by atoms with Gasteiger partial charge in [-0.05, 0) is 25.1 Å². The SMILES string of the molecule is CC1=NN(c2ccccc2)C(=O)/C1=C/c1c(O)n(C)c(=O)n(C)c1=O. The van der Waals surface area contributed by atoms with Crippen LogP contribution in [0.15, 0.2) is 50.6 Å². The molecule has 1 aliphatic rings. The molecule has 0 radical (unpaired) electrons. The molecule has 1 amide bonds. The van der Waals surface area contributed by atoms with Gasteiger partial charge in [0.25, 0.3) is 11.5 Å². The molecular formula is C17H16N4O4. The Labute approximate surface area is 142 Å². The fourth-order valence-electron chi connectivity index (χ4n) is 2.56. The number of hydrogen-bond donors (Lipinski definition) is 1. The average molecular weight is 340 g/mol. The van der Waals surface area contributed by atoms with Gasteiger partial charge in [-0.1, -0.05) is 18.2 Å². The minimum Gasteiger partial charge on any atom is -0.494 e. The second-order valence-electron chi connectivity index (χ2n) is 5.64. The summed E-state index contributed by atoms with van der Waals surface area (Å²) in [5.41, 5.74) is -0.310. The molecule has 0 bridgehead atoms. The summed E-state index contributed by atoms with van der Waals surface area (Å²) >= 11 is 0. The number of anilines is 1. The van der Waals surface area contributed by atoms with Crippen molar-refractivity contribution in [1.29, 1.82) is 0 Å². The Hall–Kier alpha value is -3.42. The van der Waals surface area contributed by atoms with Crippen LogP contribution >= 0.6 is 0 Å². The molecule has 0 spiro atoms. The summed E-state index contributed by atoms with van der Waals surface area (Å²) < 4.78 is 1.81. The van der Waals surface area contributed by atoms with Crippen molar-refractivity contribution in [3.63, 3.8) is 0 Å². The van der Waals surface area contributed by atoms with E-state index in [9.17, 15) is 19.5 Å². The average Bonchev–Trinajstić information content (AvgIpc) is 2.90. The number of carbonyl (C=O) groups is 1. The van der Waals surface area contributed by atoms with Crippen molar-refractivity contribution in [2.24, 2.45) is 19.2 Å². The number of rotatable bonds is 2. The number of nitrogens with zero attached hydrogens (tertiary/aromatic N) is 4. The second kappa shape index (κ2) is 5.90. The maximum absolute atomic E-state index is 12.7. The topological polar surface area (TPSA) is 96.9 Å². The Morgan fingerprint density at radius 3 is 2.32 bits per heavy atom. The number of hydrazone groups is 1. The van der Waals surface area contributed by atoms with Crippen LogP contribution in [0.2, 0.25) is 0 Å². The van der Waals surface area contributed by atoms with Crippen molar-refractivity contribution in [3.8, 4) is 5.88 Å². The molecule has 3 rings (SSSR count). The Kier molecular flexibility index (Phi) is 3.88. The number of para-hydroxylation sites is 1. The molecule has 0 saturated heterocycles. The van der Waals surface area contributed by atoms with Crippen molar-refractivity contribution in [2.45, 2.75) is 6.92 Å². The van der Waals surface area contributed by atoms with Crippen molar-refractivity contribution >= 4 is 23.4 Å². The predicted octanol–water partition coefficient (Wildman–Crippen LogP) is 0.596. The Balaban J connectivity index is 2.13. The molecule has 8 nitrogen and oxygen atoms in total. The molecular weight excluding hydrogens is 324 g/mol. The van der Waals surface area contributed by atoms with E-state index >= 15 is 0 Å². The van der Waals surface area contributed by atoms with Crippen LogP contribution in [-0.4, -0.2) is 25.9 Å². The molecule has 25 heavy (non-hydrogen) atoms. The summed E-state index contributed by atoms with van der Waals surface area (Å²) in [4.78, 5) is 36.8. The van der Waals surface area contributed by atoms with Crippen LogP contribution in [0.3, 0.4) is 0 Å².